The Bertz CT molecular complexity index is 447. The molecule has 1 N–H and O–H groups in total. The molecule has 0 saturated carbocycles. The first-order valence-corrected chi connectivity index (χ1v) is 6.65. The zero-order chi connectivity index (χ0) is 13.7. The topological polar surface area (TPSA) is 47.6 Å². The lowest BCUT2D eigenvalue weighted by molar-refractivity contribution is -0.150. The van der Waals surface area contributed by atoms with Crippen LogP contribution in [0.4, 0.5) is 0 Å². The number of hydrogen-bond acceptors (Lipinski definition) is 4. The van der Waals surface area contributed by atoms with Crippen molar-refractivity contribution in [3.8, 4) is 0 Å². The van der Waals surface area contributed by atoms with Crippen LogP contribution in [0.3, 0.4) is 0 Å². The molecule has 0 radical (unpaired) electrons. The number of carbonyl (C=O) groups excluding carboxylic acids is 1. The third-order valence-electron chi connectivity index (χ3n) is 3.74. The lowest BCUT2D eigenvalue weighted by atomic mass is 9.76. The van der Waals surface area contributed by atoms with Crippen molar-refractivity contribution < 1.29 is 14.3 Å². The number of benzene rings is 1. The van der Waals surface area contributed by atoms with E-state index in [4.69, 9.17) is 9.47 Å². The largest absolute Gasteiger partial charge is 0.467 e. The number of ether oxygens (including phenoxy) is 2. The molecule has 19 heavy (non-hydrogen) atoms. The van der Waals surface area contributed by atoms with Crippen molar-refractivity contribution >= 4 is 5.97 Å². The fraction of sp³-hybridized carbons (Fsp3) is 0.533. The first-order chi connectivity index (χ1) is 9.24. The highest BCUT2D eigenvalue weighted by atomic mass is 16.5. The molecule has 1 aliphatic rings. The van der Waals surface area contributed by atoms with Crippen molar-refractivity contribution in [2.45, 2.75) is 24.8 Å². The van der Waals surface area contributed by atoms with Crippen LogP contribution in [-0.2, 0) is 26.2 Å². The highest BCUT2D eigenvalue weighted by Gasteiger charge is 2.43. The van der Waals surface area contributed by atoms with Crippen LogP contribution in [0.5, 0.6) is 0 Å². The monoisotopic (exact) mass is 263 g/mol. The Morgan fingerprint density at radius 1 is 1.37 bits per heavy atom. The molecule has 0 aliphatic heterocycles. The predicted molar refractivity (Wildman–Crippen MR) is 73.0 cm³/mol. The second-order valence-corrected chi connectivity index (χ2v) is 4.83. The smallest absolute Gasteiger partial charge is 0.330 e. The summed E-state index contributed by atoms with van der Waals surface area (Å²) >= 11 is 0. The van der Waals surface area contributed by atoms with Crippen molar-refractivity contribution in [2.75, 3.05) is 27.4 Å². The summed E-state index contributed by atoms with van der Waals surface area (Å²) in [7, 11) is 3.10. The number of rotatable bonds is 5. The van der Waals surface area contributed by atoms with Crippen LogP contribution in [0.25, 0.3) is 0 Å². The lowest BCUT2D eigenvalue weighted by Gasteiger charge is -2.37. The zero-order valence-electron chi connectivity index (χ0n) is 11.6. The zero-order valence-corrected chi connectivity index (χ0v) is 11.6. The highest BCUT2D eigenvalue weighted by Crippen LogP contribution is 2.36. The summed E-state index contributed by atoms with van der Waals surface area (Å²) in [5.74, 6) is -0.212. The van der Waals surface area contributed by atoms with Gasteiger partial charge in [-0.25, -0.2) is 4.79 Å². The van der Waals surface area contributed by atoms with E-state index in [-0.39, 0.29) is 5.97 Å². The van der Waals surface area contributed by atoms with E-state index in [0.29, 0.717) is 13.2 Å². The normalized spacial score (nSPS) is 21.8. The van der Waals surface area contributed by atoms with Gasteiger partial charge in [-0.1, -0.05) is 24.3 Å². The molecule has 0 amide bonds. The molecular formula is C15H21NO3. The number of aryl methyl sites for hydroxylation is 1. The Kier molecular flexibility index (Phi) is 4.56. The summed E-state index contributed by atoms with van der Waals surface area (Å²) in [5, 5.41) is 3.34. The average molecular weight is 263 g/mol. The number of carbonyl (C=O) groups is 1. The maximum absolute atomic E-state index is 12.3. The molecule has 0 aromatic heterocycles. The standard InChI is InChI=1S/C15H21NO3/c1-18-11-10-16-15(14(17)19-2)9-5-7-12-6-3-4-8-13(12)15/h3-4,6,8,16H,5,7,9-11H2,1-2H3. The van der Waals surface area contributed by atoms with Crippen molar-refractivity contribution in [2.24, 2.45) is 0 Å². The van der Waals surface area contributed by atoms with E-state index in [2.05, 4.69) is 11.4 Å². The highest BCUT2D eigenvalue weighted by molar-refractivity contribution is 5.83. The van der Waals surface area contributed by atoms with Crippen molar-refractivity contribution in [3.05, 3.63) is 35.4 Å². The molecule has 0 saturated heterocycles. The molecule has 4 heteroatoms. The van der Waals surface area contributed by atoms with Crippen LogP contribution in [-0.4, -0.2) is 33.3 Å². The molecule has 0 heterocycles. The summed E-state index contributed by atoms with van der Waals surface area (Å²) in [5.41, 5.74) is 1.55. The Labute approximate surface area is 114 Å². The van der Waals surface area contributed by atoms with Gasteiger partial charge in [0, 0.05) is 13.7 Å². The number of hydrogen-bond donors (Lipinski definition) is 1. The minimum atomic E-state index is -0.720. The van der Waals surface area contributed by atoms with Crippen LogP contribution in [0.2, 0.25) is 0 Å². The minimum absolute atomic E-state index is 0.212. The van der Waals surface area contributed by atoms with Crippen molar-refractivity contribution in [3.63, 3.8) is 0 Å². The van der Waals surface area contributed by atoms with Crippen LogP contribution >= 0.6 is 0 Å². The maximum atomic E-state index is 12.3. The lowest BCUT2D eigenvalue weighted by Crippen LogP contribution is -2.52. The van der Waals surface area contributed by atoms with Gasteiger partial charge in [0.15, 0.2) is 0 Å². The van der Waals surface area contributed by atoms with Gasteiger partial charge in [0.1, 0.15) is 5.54 Å². The van der Waals surface area contributed by atoms with Gasteiger partial charge in [-0.15, -0.1) is 0 Å². The molecule has 0 spiro atoms. The first kappa shape index (κ1) is 14.0. The molecular weight excluding hydrogens is 242 g/mol. The van der Waals surface area contributed by atoms with Crippen LogP contribution < -0.4 is 5.32 Å². The maximum Gasteiger partial charge on any atom is 0.330 e. The molecule has 1 aromatic rings. The first-order valence-electron chi connectivity index (χ1n) is 6.65. The predicted octanol–water partition coefficient (Wildman–Crippen LogP) is 1.63. The fourth-order valence-corrected chi connectivity index (χ4v) is 2.84. The Morgan fingerprint density at radius 2 is 2.16 bits per heavy atom. The van der Waals surface area contributed by atoms with E-state index in [9.17, 15) is 4.79 Å². The Morgan fingerprint density at radius 3 is 2.89 bits per heavy atom. The van der Waals surface area contributed by atoms with Crippen molar-refractivity contribution in [1.82, 2.24) is 5.32 Å². The Hall–Kier alpha value is -1.39. The van der Waals surface area contributed by atoms with Gasteiger partial charge >= 0.3 is 5.97 Å². The minimum Gasteiger partial charge on any atom is -0.467 e. The molecule has 104 valence electrons. The third-order valence-corrected chi connectivity index (χ3v) is 3.74. The summed E-state index contributed by atoms with van der Waals surface area (Å²) in [4.78, 5) is 12.3. The van der Waals surface area contributed by atoms with Gasteiger partial charge in [-0.3, -0.25) is 5.32 Å². The van der Waals surface area contributed by atoms with Crippen molar-refractivity contribution in [1.29, 1.82) is 0 Å². The quantitative estimate of drug-likeness (QED) is 0.648. The molecule has 4 nitrogen and oxygen atoms in total. The van der Waals surface area contributed by atoms with Gasteiger partial charge in [0.25, 0.3) is 0 Å². The van der Waals surface area contributed by atoms with Crippen LogP contribution in [0.1, 0.15) is 24.0 Å². The molecule has 0 fully saturated rings. The number of esters is 1. The molecule has 0 bridgehead atoms. The third kappa shape index (κ3) is 2.65. The summed E-state index contributed by atoms with van der Waals surface area (Å²) < 4.78 is 10.1. The van der Waals surface area contributed by atoms with E-state index in [1.54, 1.807) is 7.11 Å². The fourth-order valence-electron chi connectivity index (χ4n) is 2.84. The van der Waals surface area contributed by atoms with Crippen LogP contribution in [0.15, 0.2) is 24.3 Å². The second-order valence-electron chi connectivity index (χ2n) is 4.83. The molecule has 1 aliphatic carbocycles. The average Bonchev–Trinajstić information content (AvgIpc) is 2.47. The van der Waals surface area contributed by atoms with E-state index >= 15 is 0 Å². The van der Waals surface area contributed by atoms with Gasteiger partial charge in [-0.05, 0) is 30.4 Å². The molecule has 2 rings (SSSR count). The number of fused-ring (bicyclic) bond motifs is 1. The second kappa shape index (κ2) is 6.17. The number of nitrogens with one attached hydrogen (secondary N) is 1. The van der Waals surface area contributed by atoms with Gasteiger partial charge < -0.3 is 9.47 Å². The Balaban J connectivity index is 2.36. The molecule has 1 unspecified atom stereocenters. The van der Waals surface area contributed by atoms with E-state index in [1.807, 2.05) is 18.2 Å². The summed E-state index contributed by atoms with van der Waals surface area (Å²) in [6.45, 7) is 1.20. The summed E-state index contributed by atoms with van der Waals surface area (Å²) in [6, 6.07) is 8.09. The van der Waals surface area contributed by atoms with Gasteiger partial charge in [-0.2, -0.15) is 0 Å². The van der Waals surface area contributed by atoms with E-state index in [0.717, 1.165) is 24.8 Å². The number of methoxy groups -OCH3 is 2. The summed E-state index contributed by atoms with van der Waals surface area (Å²) in [6.07, 6.45) is 2.76. The SMILES string of the molecule is COCCNC1(C(=O)OC)CCCc2ccccc21. The van der Waals surface area contributed by atoms with Gasteiger partial charge in [0.2, 0.25) is 0 Å². The van der Waals surface area contributed by atoms with Crippen LogP contribution in [0, 0.1) is 0 Å². The van der Waals surface area contributed by atoms with Gasteiger partial charge in [0.05, 0.1) is 13.7 Å². The molecule has 1 aromatic carbocycles. The van der Waals surface area contributed by atoms with E-state index < -0.39 is 5.54 Å². The van der Waals surface area contributed by atoms with E-state index in [1.165, 1.54) is 12.7 Å². The molecule has 1 atom stereocenters.